The van der Waals surface area contributed by atoms with E-state index in [0.717, 1.165) is 12.1 Å². The SMILES string of the molecule is COc1cc(CNC(C)C)cc(Cl)c1OCCC(C)O. The summed E-state index contributed by atoms with van der Waals surface area (Å²) in [5, 5.41) is 13.1. The van der Waals surface area contributed by atoms with Crippen molar-refractivity contribution in [2.45, 2.75) is 45.9 Å². The fourth-order valence-corrected chi connectivity index (χ4v) is 1.96. The topological polar surface area (TPSA) is 50.7 Å². The predicted molar refractivity (Wildman–Crippen MR) is 81.8 cm³/mol. The molecule has 0 saturated heterocycles. The van der Waals surface area contributed by atoms with Crippen LogP contribution in [0.2, 0.25) is 5.02 Å². The lowest BCUT2D eigenvalue weighted by molar-refractivity contribution is 0.154. The Morgan fingerprint density at radius 3 is 2.55 bits per heavy atom. The highest BCUT2D eigenvalue weighted by atomic mass is 35.5. The van der Waals surface area contributed by atoms with Gasteiger partial charge >= 0.3 is 0 Å². The number of hydrogen-bond acceptors (Lipinski definition) is 4. The van der Waals surface area contributed by atoms with Gasteiger partial charge in [-0.1, -0.05) is 25.4 Å². The Morgan fingerprint density at radius 2 is 2.00 bits per heavy atom. The maximum absolute atomic E-state index is 9.24. The van der Waals surface area contributed by atoms with Crippen molar-refractivity contribution in [3.8, 4) is 11.5 Å². The van der Waals surface area contributed by atoms with Crippen LogP contribution in [0.4, 0.5) is 0 Å². The Morgan fingerprint density at radius 1 is 1.30 bits per heavy atom. The summed E-state index contributed by atoms with van der Waals surface area (Å²) in [6, 6.07) is 4.19. The number of methoxy groups -OCH3 is 1. The van der Waals surface area contributed by atoms with Crippen LogP contribution in [0.25, 0.3) is 0 Å². The van der Waals surface area contributed by atoms with E-state index >= 15 is 0 Å². The quantitative estimate of drug-likeness (QED) is 0.775. The van der Waals surface area contributed by atoms with Crippen molar-refractivity contribution in [3.63, 3.8) is 0 Å². The number of aliphatic hydroxyl groups excluding tert-OH is 1. The highest BCUT2D eigenvalue weighted by molar-refractivity contribution is 6.32. The van der Waals surface area contributed by atoms with Gasteiger partial charge < -0.3 is 19.9 Å². The second kappa shape index (κ2) is 8.35. The number of aliphatic hydroxyl groups is 1. The van der Waals surface area contributed by atoms with Crippen molar-refractivity contribution in [1.29, 1.82) is 0 Å². The summed E-state index contributed by atoms with van der Waals surface area (Å²) in [6.07, 6.45) is 0.158. The lowest BCUT2D eigenvalue weighted by Gasteiger charge is -2.15. The molecule has 2 N–H and O–H groups in total. The van der Waals surface area contributed by atoms with Gasteiger partial charge in [0.2, 0.25) is 0 Å². The Balaban J connectivity index is 2.79. The molecule has 1 aromatic carbocycles. The number of ether oxygens (including phenoxy) is 2. The molecule has 0 fully saturated rings. The summed E-state index contributed by atoms with van der Waals surface area (Å²) in [4.78, 5) is 0. The first-order valence-corrected chi connectivity index (χ1v) is 7.22. The molecule has 1 aromatic rings. The van der Waals surface area contributed by atoms with Gasteiger partial charge in [0, 0.05) is 19.0 Å². The monoisotopic (exact) mass is 301 g/mol. The van der Waals surface area contributed by atoms with E-state index in [1.54, 1.807) is 14.0 Å². The van der Waals surface area contributed by atoms with Crippen molar-refractivity contribution in [2.24, 2.45) is 0 Å². The number of nitrogens with one attached hydrogen (secondary N) is 1. The number of halogens is 1. The third-order valence-electron chi connectivity index (χ3n) is 2.79. The molecule has 0 radical (unpaired) electrons. The van der Waals surface area contributed by atoms with E-state index in [9.17, 15) is 5.11 Å². The Hall–Kier alpha value is -0.970. The maximum Gasteiger partial charge on any atom is 0.179 e. The van der Waals surface area contributed by atoms with Gasteiger partial charge in [0.1, 0.15) is 0 Å². The number of benzene rings is 1. The van der Waals surface area contributed by atoms with Crippen molar-refractivity contribution in [1.82, 2.24) is 5.32 Å². The van der Waals surface area contributed by atoms with Gasteiger partial charge in [-0.15, -0.1) is 0 Å². The van der Waals surface area contributed by atoms with E-state index in [1.165, 1.54) is 0 Å². The van der Waals surface area contributed by atoms with Crippen LogP contribution in [0.1, 0.15) is 32.8 Å². The van der Waals surface area contributed by atoms with Crippen LogP contribution in [0, 0.1) is 0 Å². The van der Waals surface area contributed by atoms with Crippen LogP contribution in [-0.2, 0) is 6.54 Å². The highest BCUT2D eigenvalue weighted by Gasteiger charge is 2.12. The van der Waals surface area contributed by atoms with Crippen molar-refractivity contribution < 1.29 is 14.6 Å². The zero-order valence-corrected chi connectivity index (χ0v) is 13.3. The molecule has 0 aliphatic rings. The van der Waals surface area contributed by atoms with E-state index in [1.807, 2.05) is 12.1 Å². The molecule has 0 spiro atoms. The van der Waals surface area contributed by atoms with Gasteiger partial charge in [-0.25, -0.2) is 0 Å². The van der Waals surface area contributed by atoms with Gasteiger partial charge in [0.25, 0.3) is 0 Å². The highest BCUT2D eigenvalue weighted by Crippen LogP contribution is 2.36. The minimum Gasteiger partial charge on any atom is -0.493 e. The normalized spacial score (nSPS) is 12.6. The standard InChI is InChI=1S/C15H24ClNO3/c1-10(2)17-9-12-7-13(16)15(14(8-12)19-4)20-6-5-11(3)18/h7-8,10-11,17-18H,5-6,9H2,1-4H3. The van der Waals surface area contributed by atoms with E-state index in [-0.39, 0.29) is 0 Å². The molecule has 20 heavy (non-hydrogen) atoms. The second-order valence-electron chi connectivity index (χ2n) is 5.13. The lowest BCUT2D eigenvalue weighted by Crippen LogP contribution is -2.21. The molecule has 0 aliphatic heterocycles. The van der Waals surface area contributed by atoms with Crippen molar-refractivity contribution >= 4 is 11.6 Å². The number of rotatable bonds is 8. The molecule has 0 heterocycles. The van der Waals surface area contributed by atoms with Crippen LogP contribution in [0.15, 0.2) is 12.1 Å². The van der Waals surface area contributed by atoms with Crippen LogP contribution in [-0.4, -0.2) is 31.0 Å². The first kappa shape index (κ1) is 17.1. The van der Waals surface area contributed by atoms with Gasteiger partial charge in [-0.05, 0) is 24.6 Å². The molecule has 1 unspecified atom stereocenters. The maximum atomic E-state index is 9.24. The Labute approximate surface area is 126 Å². The zero-order valence-electron chi connectivity index (χ0n) is 12.6. The van der Waals surface area contributed by atoms with Gasteiger partial charge in [0.05, 0.1) is 24.8 Å². The molecule has 5 heteroatoms. The predicted octanol–water partition coefficient (Wildman–Crippen LogP) is 3.00. The van der Waals surface area contributed by atoms with Gasteiger partial charge in [0.15, 0.2) is 11.5 Å². The van der Waals surface area contributed by atoms with Gasteiger partial charge in [-0.3, -0.25) is 0 Å². The third-order valence-corrected chi connectivity index (χ3v) is 3.07. The number of hydrogen-bond donors (Lipinski definition) is 2. The molecule has 0 aliphatic carbocycles. The Bertz CT molecular complexity index is 422. The zero-order chi connectivity index (χ0) is 15.1. The van der Waals surface area contributed by atoms with E-state index in [4.69, 9.17) is 21.1 Å². The molecule has 1 atom stereocenters. The molecular weight excluding hydrogens is 278 g/mol. The fraction of sp³-hybridized carbons (Fsp3) is 0.600. The molecule has 0 amide bonds. The molecule has 0 bridgehead atoms. The van der Waals surface area contributed by atoms with E-state index in [2.05, 4.69) is 19.2 Å². The second-order valence-corrected chi connectivity index (χ2v) is 5.54. The smallest absolute Gasteiger partial charge is 0.179 e. The van der Waals surface area contributed by atoms with E-state index in [0.29, 0.717) is 35.6 Å². The van der Waals surface area contributed by atoms with Gasteiger partial charge in [-0.2, -0.15) is 0 Å². The first-order chi connectivity index (χ1) is 9.43. The molecular formula is C15H24ClNO3. The van der Waals surface area contributed by atoms with E-state index < -0.39 is 6.10 Å². The van der Waals surface area contributed by atoms with Crippen molar-refractivity contribution in [2.75, 3.05) is 13.7 Å². The summed E-state index contributed by atoms with van der Waals surface area (Å²) in [6.45, 7) is 7.03. The molecule has 0 aromatic heterocycles. The fourth-order valence-electron chi connectivity index (χ4n) is 1.67. The molecule has 114 valence electrons. The summed E-state index contributed by atoms with van der Waals surface area (Å²) in [5.74, 6) is 1.15. The Kier molecular flexibility index (Phi) is 7.13. The van der Waals surface area contributed by atoms with Crippen LogP contribution in [0.5, 0.6) is 11.5 Å². The third kappa shape index (κ3) is 5.57. The average Bonchev–Trinajstić information content (AvgIpc) is 2.37. The van der Waals surface area contributed by atoms with Crippen molar-refractivity contribution in [3.05, 3.63) is 22.7 Å². The molecule has 0 saturated carbocycles. The largest absolute Gasteiger partial charge is 0.493 e. The minimum atomic E-state index is -0.394. The van der Waals surface area contributed by atoms with Crippen LogP contribution < -0.4 is 14.8 Å². The summed E-state index contributed by atoms with van der Waals surface area (Å²) < 4.78 is 10.9. The molecule has 1 rings (SSSR count). The summed E-state index contributed by atoms with van der Waals surface area (Å²) >= 11 is 6.25. The summed E-state index contributed by atoms with van der Waals surface area (Å²) in [7, 11) is 1.59. The first-order valence-electron chi connectivity index (χ1n) is 6.84. The van der Waals surface area contributed by atoms with Crippen LogP contribution >= 0.6 is 11.6 Å². The average molecular weight is 302 g/mol. The summed E-state index contributed by atoms with van der Waals surface area (Å²) in [5.41, 5.74) is 1.04. The van der Waals surface area contributed by atoms with Crippen LogP contribution in [0.3, 0.4) is 0 Å². The minimum absolute atomic E-state index is 0.394. The molecule has 4 nitrogen and oxygen atoms in total. The lowest BCUT2D eigenvalue weighted by atomic mass is 10.2.